The summed E-state index contributed by atoms with van der Waals surface area (Å²) in [6.45, 7) is 4.27. The molecule has 0 amide bonds. The largest absolute Gasteiger partial charge is 0.307 e. The normalized spacial score (nSPS) is 26.3. The second kappa shape index (κ2) is 5.94. The molecule has 1 heterocycles. The molecule has 1 aromatic heterocycles. The first-order chi connectivity index (χ1) is 8.86. The van der Waals surface area contributed by atoms with Gasteiger partial charge < -0.3 is 5.32 Å². The number of hydrogen-bond acceptors (Lipinski definition) is 4. The molecule has 19 heavy (non-hydrogen) atoms. The van der Waals surface area contributed by atoms with Gasteiger partial charge in [0.15, 0.2) is 0 Å². The lowest BCUT2D eigenvalue weighted by Crippen LogP contribution is -2.39. The van der Waals surface area contributed by atoms with E-state index in [1.165, 1.54) is 16.0 Å². The second-order valence-electron chi connectivity index (χ2n) is 5.65. The first-order valence-electron chi connectivity index (χ1n) is 6.87. The highest BCUT2D eigenvalue weighted by Crippen LogP contribution is 2.28. The van der Waals surface area contributed by atoms with Gasteiger partial charge in [0, 0.05) is 28.1 Å². The van der Waals surface area contributed by atoms with Crippen LogP contribution in [0.3, 0.4) is 0 Å². The van der Waals surface area contributed by atoms with Crippen molar-refractivity contribution in [3.63, 3.8) is 0 Å². The molecule has 0 aromatic carbocycles. The predicted octanol–water partition coefficient (Wildman–Crippen LogP) is 3.06. The number of rotatable bonds is 4. The summed E-state index contributed by atoms with van der Waals surface area (Å²) in [6.07, 6.45) is 5.04. The molecule has 0 bridgehead atoms. The van der Waals surface area contributed by atoms with E-state index < -0.39 is 9.84 Å². The van der Waals surface area contributed by atoms with Crippen LogP contribution in [0.2, 0.25) is 0 Å². The van der Waals surface area contributed by atoms with E-state index in [4.69, 9.17) is 0 Å². The quantitative estimate of drug-likeness (QED) is 0.929. The lowest BCUT2D eigenvalue weighted by atomic mass is 9.94. The summed E-state index contributed by atoms with van der Waals surface area (Å²) in [5.74, 6) is 0. The molecule has 1 aliphatic carbocycles. The third-order valence-corrected chi connectivity index (χ3v) is 6.73. The molecule has 3 nitrogen and oxygen atoms in total. The summed E-state index contributed by atoms with van der Waals surface area (Å²) < 4.78 is 23.3. The Balaban J connectivity index is 1.95. The summed E-state index contributed by atoms with van der Waals surface area (Å²) >= 11 is 1.81. The minimum absolute atomic E-state index is 0.156. The topological polar surface area (TPSA) is 46.2 Å². The Kier molecular flexibility index (Phi) is 4.69. The molecular formula is C14H23NO2S2. The molecule has 2 rings (SSSR count). The molecule has 0 spiro atoms. The summed E-state index contributed by atoms with van der Waals surface area (Å²) in [6, 6.07) is 4.93. The van der Waals surface area contributed by atoms with Crippen LogP contribution in [0.25, 0.3) is 0 Å². The molecule has 0 aliphatic heterocycles. The van der Waals surface area contributed by atoms with Crippen LogP contribution in [0.1, 0.15) is 48.4 Å². The van der Waals surface area contributed by atoms with E-state index in [1.807, 2.05) is 11.3 Å². The predicted molar refractivity (Wildman–Crippen MR) is 81.5 cm³/mol. The maximum absolute atomic E-state index is 11.7. The van der Waals surface area contributed by atoms with Crippen LogP contribution in [-0.4, -0.2) is 26.0 Å². The smallest absolute Gasteiger partial charge is 0.150 e. The van der Waals surface area contributed by atoms with E-state index in [0.717, 1.165) is 25.7 Å². The van der Waals surface area contributed by atoms with E-state index in [-0.39, 0.29) is 5.25 Å². The van der Waals surface area contributed by atoms with Crippen LogP contribution in [0.15, 0.2) is 12.1 Å². The van der Waals surface area contributed by atoms with Crippen LogP contribution in [-0.2, 0) is 9.84 Å². The van der Waals surface area contributed by atoms with E-state index in [1.54, 1.807) is 0 Å². The highest BCUT2D eigenvalue weighted by molar-refractivity contribution is 7.91. The third kappa shape index (κ3) is 4.04. The maximum Gasteiger partial charge on any atom is 0.150 e. The zero-order valence-corrected chi connectivity index (χ0v) is 13.5. The third-order valence-electron chi connectivity index (χ3n) is 3.91. The van der Waals surface area contributed by atoms with Crippen LogP contribution < -0.4 is 5.32 Å². The van der Waals surface area contributed by atoms with Gasteiger partial charge >= 0.3 is 0 Å². The summed E-state index contributed by atoms with van der Waals surface area (Å²) in [4.78, 5) is 2.65. The minimum Gasteiger partial charge on any atom is -0.307 e. The Morgan fingerprint density at radius 1 is 1.37 bits per heavy atom. The van der Waals surface area contributed by atoms with E-state index in [2.05, 4.69) is 31.3 Å². The van der Waals surface area contributed by atoms with Crippen molar-refractivity contribution in [2.75, 3.05) is 6.26 Å². The van der Waals surface area contributed by atoms with Gasteiger partial charge in [-0.25, -0.2) is 8.42 Å². The van der Waals surface area contributed by atoms with Gasteiger partial charge in [-0.1, -0.05) is 6.42 Å². The van der Waals surface area contributed by atoms with Crippen LogP contribution in [0.4, 0.5) is 0 Å². The molecular weight excluding hydrogens is 278 g/mol. The van der Waals surface area contributed by atoms with E-state index >= 15 is 0 Å². The summed E-state index contributed by atoms with van der Waals surface area (Å²) in [5.41, 5.74) is 0. The molecule has 5 heteroatoms. The number of aryl methyl sites for hydroxylation is 1. The molecule has 1 aliphatic rings. The highest BCUT2D eigenvalue weighted by Gasteiger charge is 2.29. The SMILES string of the molecule is Cc1ccc(C(C)NC2CCCC(S(C)(=O)=O)C2)s1. The molecule has 3 atom stereocenters. The zero-order valence-electron chi connectivity index (χ0n) is 11.8. The first kappa shape index (κ1) is 15.0. The minimum atomic E-state index is -2.89. The van der Waals surface area contributed by atoms with Crippen molar-refractivity contribution in [2.24, 2.45) is 0 Å². The molecule has 0 radical (unpaired) electrons. The number of thiophene rings is 1. The monoisotopic (exact) mass is 301 g/mol. The number of sulfone groups is 1. The van der Waals surface area contributed by atoms with E-state index in [0.29, 0.717) is 12.1 Å². The van der Waals surface area contributed by atoms with Gasteiger partial charge in [0.2, 0.25) is 0 Å². The Hall–Kier alpha value is -0.390. The van der Waals surface area contributed by atoms with Crippen molar-refractivity contribution in [3.8, 4) is 0 Å². The van der Waals surface area contributed by atoms with E-state index in [9.17, 15) is 8.42 Å². The Morgan fingerprint density at radius 2 is 2.11 bits per heavy atom. The van der Waals surface area contributed by atoms with Crippen LogP contribution in [0.5, 0.6) is 0 Å². The highest BCUT2D eigenvalue weighted by atomic mass is 32.2. The Morgan fingerprint density at radius 3 is 2.68 bits per heavy atom. The van der Waals surface area contributed by atoms with Crippen molar-refractivity contribution < 1.29 is 8.42 Å². The van der Waals surface area contributed by atoms with Crippen molar-refractivity contribution >= 4 is 21.2 Å². The van der Waals surface area contributed by atoms with Gasteiger partial charge in [-0.3, -0.25) is 0 Å². The molecule has 3 unspecified atom stereocenters. The van der Waals surface area contributed by atoms with Crippen LogP contribution >= 0.6 is 11.3 Å². The van der Waals surface area contributed by atoms with Gasteiger partial charge in [-0.05, 0) is 45.2 Å². The lowest BCUT2D eigenvalue weighted by molar-refractivity contribution is 0.348. The van der Waals surface area contributed by atoms with Crippen molar-refractivity contribution in [3.05, 3.63) is 21.9 Å². The fourth-order valence-corrected chi connectivity index (χ4v) is 4.87. The second-order valence-corrected chi connectivity index (χ2v) is 9.30. The molecule has 1 N–H and O–H groups in total. The molecule has 108 valence electrons. The molecule has 1 saturated carbocycles. The van der Waals surface area contributed by atoms with Gasteiger partial charge in [-0.2, -0.15) is 0 Å². The molecule has 0 saturated heterocycles. The van der Waals surface area contributed by atoms with Crippen molar-refractivity contribution in [1.29, 1.82) is 0 Å². The molecule has 1 fully saturated rings. The average Bonchev–Trinajstić information content (AvgIpc) is 2.75. The van der Waals surface area contributed by atoms with Crippen molar-refractivity contribution in [2.45, 2.75) is 56.9 Å². The van der Waals surface area contributed by atoms with Crippen LogP contribution in [0, 0.1) is 6.92 Å². The molecule has 1 aromatic rings. The number of hydrogen-bond donors (Lipinski definition) is 1. The summed E-state index contributed by atoms with van der Waals surface area (Å²) in [7, 11) is -2.89. The Labute approximate surface area is 120 Å². The van der Waals surface area contributed by atoms with Gasteiger partial charge in [-0.15, -0.1) is 11.3 Å². The maximum atomic E-state index is 11.7. The fourth-order valence-electron chi connectivity index (χ4n) is 2.81. The van der Waals surface area contributed by atoms with Gasteiger partial charge in [0.1, 0.15) is 9.84 Å². The van der Waals surface area contributed by atoms with Gasteiger partial charge in [0.05, 0.1) is 5.25 Å². The summed E-state index contributed by atoms with van der Waals surface area (Å²) in [5, 5.41) is 3.44. The Bertz CT molecular complexity index is 521. The fraction of sp³-hybridized carbons (Fsp3) is 0.714. The zero-order chi connectivity index (χ0) is 14.0. The first-order valence-corrected chi connectivity index (χ1v) is 9.64. The standard InChI is InChI=1S/C14H23NO2S2/c1-10-7-8-14(18-10)11(2)15-12-5-4-6-13(9-12)19(3,16)17/h7-8,11-13,15H,4-6,9H2,1-3H3. The average molecular weight is 301 g/mol. The van der Waals surface area contributed by atoms with Gasteiger partial charge in [0.25, 0.3) is 0 Å². The number of nitrogens with one attached hydrogen (secondary N) is 1. The lowest BCUT2D eigenvalue weighted by Gasteiger charge is -2.30. The van der Waals surface area contributed by atoms with Crippen molar-refractivity contribution in [1.82, 2.24) is 5.32 Å².